The minimum atomic E-state index is -1.32. The van der Waals surface area contributed by atoms with E-state index in [2.05, 4.69) is 5.32 Å². The molecule has 2 amide bonds. The third kappa shape index (κ3) is 5.87. The zero-order valence-electron chi connectivity index (χ0n) is 12.5. The van der Waals surface area contributed by atoms with Gasteiger partial charge < -0.3 is 20.7 Å². The summed E-state index contributed by atoms with van der Waals surface area (Å²) in [6, 6.07) is 0.762. The number of amides is 2. The number of nitrogens with zero attached hydrogens (tertiary/aromatic N) is 2. The molecule has 1 atom stereocenters. The fraction of sp³-hybridized carbons (Fsp3) is 0.385. The number of carbonyl (C=O) groups excluding carboxylic acids is 2. The average molecular weight is 340 g/mol. The molecule has 1 rings (SSSR count). The molecule has 1 unspecified atom stereocenters. The van der Waals surface area contributed by atoms with E-state index in [1.165, 1.54) is 0 Å². The van der Waals surface area contributed by atoms with Gasteiger partial charge in [-0.3, -0.25) is 24.5 Å². The van der Waals surface area contributed by atoms with E-state index in [0.717, 1.165) is 22.9 Å². The Bertz CT molecular complexity index is 713. The Morgan fingerprint density at radius 1 is 1.33 bits per heavy atom. The first-order valence-electron chi connectivity index (χ1n) is 6.86. The molecular formula is C13H16N4O7. The molecule has 0 fully saturated rings. The van der Waals surface area contributed by atoms with Gasteiger partial charge in [0, 0.05) is 31.5 Å². The normalized spacial score (nSPS) is 11.5. The first-order valence-corrected chi connectivity index (χ1v) is 6.86. The van der Waals surface area contributed by atoms with Crippen LogP contribution in [0, 0.1) is 10.1 Å². The Labute approximate surface area is 135 Å². The van der Waals surface area contributed by atoms with Crippen LogP contribution in [0.1, 0.15) is 19.3 Å². The number of primary amides is 1. The van der Waals surface area contributed by atoms with Crippen molar-refractivity contribution in [3.05, 3.63) is 38.8 Å². The van der Waals surface area contributed by atoms with Gasteiger partial charge in [-0.2, -0.15) is 0 Å². The zero-order valence-corrected chi connectivity index (χ0v) is 12.5. The lowest BCUT2D eigenvalue weighted by molar-refractivity contribution is -0.385. The molecule has 1 aromatic rings. The number of nitrogens with two attached hydrogens (primary N) is 1. The van der Waals surface area contributed by atoms with Crippen LogP contribution in [-0.4, -0.2) is 38.4 Å². The summed E-state index contributed by atoms with van der Waals surface area (Å²) in [5.41, 5.74) is 4.09. The van der Waals surface area contributed by atoms with Gasteiger partial charge in [0.15, 0.2) is 0 Å². The van der Waals surface area contributed by atoms with E-state index < -0.39 is 34.3 Å². The van der Waals surface area contributed by atoms with Crippen LogP contribution in [0.3, 0.4) is 0 Å². The lowest BCUT2D eigenvalue weighted by Gasteiger charge is -2.14. The first kappa shape index (κ1) is 18.8. The summed E-state index contributed by atoms with van der Waals surface area (Å²) in [6.45, 7) is -0.158. The lowest BCUT2D eigenvalue weighted by atomic mass is 10.1. The van der Waals surface area contributed by atoms with Crippen molar-refractivity contribution in [2.24, 2.45) is 5.73 Å². The van der Waals surface area contributed by atoms with Crippen LogP contribution in [0.15, 0.2) is 23.1 Å². The smallest absolute Gasteiger partial charge is 0.326 e. The number of aromatic nitrogens is 1. The second kappa shape index (κ2) is 8.41. The Hall–Kier alpha value is -3.24. The van der Waals surface area contributed by atoms with Crippen molar-refractivity contribution >= 4 is 23.5 Å². The van der Waals surface area contributed by atoms with Gasteiger partial charge in [0.1, 0.15) is 6.04 Å². The van der Waals surface area contributed by atoms with Crippen molar-refractivity contribution in [2.45, 2.75) is 31.8 Å². The number of aryl methyl sites for hydroxylation is 1. The number of pyridine rings is 1. The van der Waals surface area contributed by atoms with E-state index in [4.69, 9.17) is 10.8 Å². The maximum absolute atomic E-state index is 11.8. The molecule has 4 N–H and O–H groups in total. The standard InChI is InChI=1S/C13H16N4O7/c14-10(18)3-2-9(13(21)22)15-11(19)5-6-16-7-8(17(23)24)1-4-12(16)20/h1,4,7,9H,2-3,5-6H2,(H2,14,18)(H,15,19)(H,21,22). The Kier molecular flexibility index (Phi) is 6.59. The van der Waals surface area contributed by atoms with Crippen molar-refractivity contribution < 1.29 is 24.4 Å². The predicted molar refractivity (Wildman–Crippen MR) is 80.0 cm³/mol. The Balaban J connectivity index is 2.66. The summed E-state index contributed by atoms with van der Waals surface area (Å²) in [4.78, 5) is 55.0. The zero-order chi connectivity index (χ0) is 18.3. The molecule has 0 aromatic carbocycles. The second-order valence-electron chi connectivity index (χ2n) is 4.89. The summed E-state index contributed by atoms with van der Waals surface area (Å²) in [7, 11) is 0. The minimum Gasteiger partial charge on any atom is -0.480 e. The van der Waals surface area contributed by atoms with Crippen LogP contribution in [0.2, 0.25) is 0 Å². The predicted octanol–water partition coefficient (Wildman–Crippen LogP) is -1.02. The summed E-state index contributed by atoms with van der Waals surface area (Å²) >= 11 is 0. The molecule has 0 radical (unpaired) electrons. The third-order valence-corrected chi connectivity index (χ3v) is 3.07. The number of nitro groups is 1. The van der Waals surface area contributed by atoms with E-state index in [1.54, 1.807) is 0 Å². The van der Waals surface area contributed by atoms with Crippen LogP contribution in [0.25, 0.3) is 0 Å². The molecule has 11 heteroatoms. The van der Waals surface area contributed by atoms with E-state index in [-0.39, 0.29) is 31.5 Å². The van der Waals surface area contributed by atoms with Gasteiger partial charge in [0.25, 0.3) is 11.2 Å². The van der Waals surface area contributed by atoms with Gasteiger partial charge in [-0.05, 0) is 6.42 Å². The quantitative estimate of drug-likeness (QED) is 0.381. The number of rotatable bonds is 9. The van der Waals surface area contributed by atoms with Crippen molar-refractivity contribution in [1.82, 2.24) is 9.88 Å². The molecule has 130 valence electrons. The van der Waals surface area contributed by atoms with E-state index in [1.807, 2.05) is 0 Å². The summed E-state index contributed by atoms with van der Waals surface area (Å²) in [6.07, 6.45) is 0.369. The number of carboxylic acids is 1. The van der Waals surface area contributed by atoms with E-state index in [9.17, 15) is 29.3 Å². The van der Waals surface area contributed by atoms with Crippen LogP contribution < -0.4 is 16.6 Å². The first-order chi connectivity index (χ1) is 11.2. The number of nitrogens with one attached hydrogen (secondary N) is 1. The maximum atomic E-state index is 11.8. The maximum Gasteiger partial charge on any atom is 0.326 e. The summed E-state index contributed by atoms with van der Waals surface area (Å²) in [5.74, 6) is -2.69. The molecular weight excluding hydrogens is 324 g/mol. The van der Waals surface area contributed by atoms with Gasteiger partial charge in [0.2, 0.25) is 11.8 Å². The number of carbonyl (C=O) groups is 3. The molecule has 24 heavy (non-hydrogen) atoms. The van der Waals surface area contributed by atoms with Crippen LogP contribution in [0.4, 0.5) is 5.69 Å². The summed E-state index contributed by atoms with van der Waals surface area (Å²) in [5, 5.41) is 21.8. The molecule has 11 nitrogen and oxygen atoms in total. The second-order valence-corrected chi connectivity index (χ2v) is 4.89. The largest absolute Gasteiger partial charge is 0.480 e. The molecule has 0 spiro atoms. The van der Waals surface area contributed by atoms with Crippen LogP contribution in [-0.2, 0) is 20.9 Å². The molecule has 0 aliphatic carbocycles. The number of aliphatic carboxylic acids is 1. The number of hydrogen-bond donors (Lipinski definition) is 3. The monoisotopic (exact) mass is 340 g/mol. The number of carboxylic acid groups (broad SMARTS) is 1. The molecule has 0 saturated heterocycles. The summed E-state index contributed by atoms with van der Waals surface area (Å²) < 4.78 is 0.983. The minimum absolute atomic E-state index is 0.158. The molecule has 1 aromatic heterocycles. The number of hydrogen-bond acceptors (Lipinski definition) is 6. The fourth-order valence-electron chi connectivity index (χ4n) is 1.83. The molecule has 0 aliphatic rings. The fourth-order valence-corrected chi connectivity index (χ4v) is 1.83. The molecule has 0 aliphatic heterocycles. The van der Waals surface area contributed by atoms with Gasteiger partial charge in [0.05, 0.1) is 11.1 Å². The van der Waals surface area contributed by atoms with Crippen molar-refractivity contribution in [1.29, 1.82) is 0 Å². The van der Waals surface area contributed by atoms with Gasteiger partial charge in [-0.15, -0.1) is 0 Å². The highest BCUT2D eigenvalue weighted by atomic mass is 16.6. The van der Waals surface area contributed by atoms with E-state index in [0.29, 0.717) is 0 Å². The Morgan fingerprint density at radius 3 is 2.54 bits per heavy atom. The highest BCUT2D eigenvalue weighted by Gasteiger charge is 2.20. The van der Waals surface area contributed by atoms with Gasteiger partial charge in [-0.1, -0.05) is 0 Å². The average Bonchev–Trinajstić information content (AvgIpc) is 2.49. The molecule has 0 saturated carbocycles. The highest BCUT2D eigenvalue weighted by Crippen LogP contribution is 2.06. The van der Waals surface area contributed by atoms with Crippen LogP contribution in [0.5, 0.6) is 0 Å². The third-order valence-electron chi connectivity index (χ3n) is 3.07. The topological polar surface area (TPSA) is 175 Å². The van der Waals surface area contributed by atoms with Crippen molar-refractivity contribution in [3.8, 4) is 0 Å². The lowest BCUT2D eigenvalue weighted by Crippen LogP contribution is -2.41. The SMILES string of the molecule is NC(=O)CCC(NC(=O)CCn1cc([N+](=O)[O-])ccc1=O)C(=O)O. The van der Waals surface area contributed by atoms with E-state index >= 15 is 0 Å². The van der Waals surface area contributed by atoms with Gasteiger partial charge >= 0.3 is 5.97 Å². The van der Waals surface area contributed by atoms with Crippen molar-refractivity contribution in [3.63, 3.8) is 0 Å². The highest BCUT2D eigenvalue weighted by molar-refractivity contribution is 5.84. The van der Waals surface area contributed by atoms with Gasteiger partial charge in [-0.25, -0.2) is 4.79 Å². The van der Waals surface area contributed by atoms with Crippen molar-refractivity contribution in [2.75, 3.05) is 0 Å². The Morgan fingerprint density at radius 2 is 2.00 bits per heavy atom. The molecule has 1 heterocycles. The van der Waals surface area contributed by atoms with Crippen LogP contribution >= 0.6 is 0 Å². The molecule has 0 bridgehead atoms.